The smallest absolute Gasteiger partial charge is 0.244 e. The fraction of sp³-hybridized carbons (Fsp3) is 0.571. The number of carbonyl (C=O) groups is 1. The number of hydrogen-bond acceptors (Lipinski definition) is 5. The lowest BCUT2D eigenvalue weighted by atomic mass is 10.3. The number of rotatable bonds is 5. The standard InChI is InChI=1S/C14H21ClN4O3S/c1-17(2)6-5-14(20)18-7-9-19(10-8-18)23(21,22)12-3-4-13(15)16-11-12/h3-4,11H,5-10H2,1-2H3. The minimum absolute atomic E-state index is 0.0592. The summed E-state index contributed by atoms with van der Waals surface area (Å²) in [5.74, 6) is 0.0592. The summed E-state index contributed by atoms with van der Waals surface area (Å²) in [5.41, 5.74) is 0. The molecule has 0 saturated carbocycles. The number of hydrogen-bond donors (Lipinski definition) is 0. The molecule has 128 valence electrons. The van der Waals surface area contributed by atoms with Gasteiger partial charge < -0.3 is 9.80 Å². The van der Waals surface area contributed by atoms with Crippen LogP contribution in [0.5, 0.6) is 0 Å². The first-order valence-electron chi connectivity index (χ1n) is 7.35. The Hall–Kier alpha value is -1.22. The Bertz CT molecular complexity index is 640. The fourth-order valence-corrected chi connectivity index (χ4v) is 3.80. The Morgan fingerprint density at radius 1 is 1.26 bits per heavy atom. The molecule has 1 fully saturated rings. The molecule has 0 aliphatic carbocycles. The number of sulfonamides is 1. The molecule has 9 heteroatoms. The van der Waals surface area contributed by atoms with Crippen LogP contribution in [0.4, 0.5) is 0 Å². The highest BCUT2D eigenvalue weighted by Crippen LogP contribution is 2.18. The van der Waals surface area contributed by atoms with Gasteiger partial charge in [-0.15, -0.1) is 0 Å². The third-order valence-corrected chi connectivity index (χ3v) is 5.81. The molecule has 23 heavy (non-hydrogen) atoms. The topological polar surface area (TPSA) is 73.8 Å². The van der Waals surface area contributed by atoms with Gasteiger partial charge in [0.15, 0.2) is 0 Å². The Morgan fingerprint density at radius 3 is 2.43 bits per heavy atom. The molecule has 0 N–H and O–H groups in total. The first kappa shape index (κ1) is 18.1. The predicted molar refractivity (Wildman–Crippen MR) is 87.8 cm³/mol. The molecular weight excluding hydrogens is 340 g/mol. The van der Waals surface area contributed by atoms with Crippen LogP contribution in [0, 0.1) is 0 Å². The lowest BCUT2D eigenvalue weighted by molar-refractivity contribution is -0.132. The minimum Gasteiger partial charge on any atom is -0.340 e. The van der Waals surface area contributed by atoms with Crippen molar-refractivity contribution < 1.29 is 13.2 Å². The average molecular weight is 361 g/mol. The van der Waals surface area contributed by atoms with Gasteiger partial charge in [0.25, 0.3) is 0 Å². The van der Waals surface area contributed by atoms with Gasteiger partial charge in [-0.3, -0.25) is 4.79 Å². The number of aromatic nitrogens is 1. The summed E-state index contributed by atoms with van der Waals surface area (Å²) < 4.78 is 26.4. The highest BCUT2D eigenvalue weighted by Gasteiger charge is 2.30. The van der Waals surface area contributed by atoms with Crippen LogP contribution in [0.15, 0.2) is 23.2 Å². The predicted octanol–water partition coefficient (Wildman–Crippen LogP) is 0.520. The molecule has 1 aromatic rings. The van der Waals surface area contributed by atoms with Gasteiger partial charge in [0.05, 0.1) is 0 Å². The van der Waals surface area contributed by atoms with E-state index in [0.717, 1.165) is 0 Å². The largest absolute Gasteiger partial charge is 0.340 e. The van der Waals surface area contributed by atoms with E-state index in [2.05, 4.69) is 4.98 Å². The summed E-state index contributed by atoms with van der Waals surface area (Å²) in [6, 6.07) is 2.90. The van der Waals surface area contributed by atoms with E-state index >= 15 is 0 Å². The number of nitrogens with zero attached hydrogens (tertiary/aromatic N) is 4. The molecule has 0 radical (unpaired) electrons. The number of pyridine rings is 1. The normalized spacial score (nSPS) is 16.8. The molecule has 1 aliphatic rings. The molecular formula is C14H21ClN4O3S. The number of amides is 1. The fourth-order valence-electron chi connectivity index (χ4n) is 2.32. The van der Waals surface area contributed by atoms with E-state index in [9.17, 15) is 13.2 Å². The van der Waals surface area contributed by atoms with Crippen molar-refractivity contribution in [3.05, 3.63) is 23.5 Å². The van der Waals surface area contributed by atoms with Crippen molar-refractivity contribution in [2.45, 2.75) is 11.3 Å². The third kappa shape index (κ3) is 4.63. The quantitative estimate of drug-likeness (QED) is 0.716. The maximum Gasteiger partial charge on any atom is 0.244 e. The van der Waals surface area contributed by atoms with Crippen molar-refractivity contribution in [2.24, 2.45) is 0 Å². The molecule has 0 spiro atoms. The molecule has 2 rings (SSSR count). The maximum atomic E-state index is 12.5. The van der Waals surface area contributed by atoms with Gasteiger partial charge in [0.1, 0.15) is 10.0 Å². The van der Waals surface area contributed by atoms with Crippen LogP contribution in [0.2, 0.25) is 5.15 Å². The van der Waals surface area contributed by atoms with E-state index in [4.69, 9.17) is 11.6 Å². The zero-order valence-corrected chi connectivity index (χ0v) is 14.8. The van der Waals surface area contributed by atoms with Crippen LogP contribution in [0.3, 0.4) is 0 Å². The summed E-state index contributed by atoms with van der Waals surface area (Å²) in [5, 5.41) is 0.250. The van der Waals surface area contributed by atoms with Gasteiger partial charge in [-0.2, -0.15) is 4.31 Å². The molecule has 2 heterocycles. The van der Waals surface area contributed by atoms with Crippen molar-refractivity contribution >= 4 is 27.5 Å². The Kier molecular flexibility index (Phi) is 5.96. The van der Waals surface area contributed by atoms with Crippen LogP contribution in [0.1, 0.15) is 6.42 Å². The van der Waals surface area contributed by atoms with E-state index in [-0.39, 0.29) is 16.0 Å². The zero-order valence-electron chi connectivity index (χ0n) is 13.3. The molecule has 0 aromatic carbocycles. The number of halogens is 1. The average Bonchev–Trinajstić information content (AvgIpc) is 2.53. The summed E-state index contributed by atoms with van der Waals surface area (Å²) in [6.45, 7) is 2.09. The molecule has 1 aromatic heterocycles. The Balaban J connectivity index is 1.95. The van der Waals surface area contributed by atoms with Crippen molar-refractivity contribution in [3.63, 3.8) is 0 Å². The SMILES string of the molecule is CN(C)CCC(=O)N1CCN(S(=O)(=O)c2ccc(Cl)nc2)CC1. The van der Waals surface area contributed by atoms with Gasteiger partial charge in [-0.1, -0.05) is 11.6 Å². The molecule has 1 saturated heterocycles. The second-order valence-electron chi connectivity index (χ2n) is 5.65. The molecule has 0 bridgehead atoms. The zero-order chi connectivity index (χ0) is 17.0. The second kappa shape index (κ2) is 7.57. The van der Waals surface area contributed by atoms with Gasteiger partial charge in [0, 0.05) is 45.3 Å². The summed E-state index contributed by atoms with van der Waals surface area (Å²) in [4.78, 5) is 19.7. The van der Waals surface area contributed by atoms with Crippen LogP contribution in [-0.4, -0.2) is 80.2 Å². The Morgan fingerprint density at radius 2 is 1.91 bits per heavy atom. The summed E-state index contributed by atoms with van der Waals surface area (Å²) in [7, 11) is 0.242. The van der Waals surface area contributed by atoms with Gasteiger partial charge in [-0.05, 0) is 26.2 Å². The van der Waals surface area contributed by atoms with Crippen LogP contribution in [-0.2, 0) is 14.8 Å². The van der Waals surface area contributed by atoms with Gasteiger partial charge >= 0.3 is 0 Å². The van der Waals surface area contributed by atoms with E-state index in [1.54, 1.807) is 4.90 Å². The van der Waals surface area contributed by atoms with Gasteiger partial charge in [-0.25, -0.2) is 13.4 Å². The molecule has 1 aliphatic heterocycles. The lowest BCUT2D eigenvalue weighted by Crippen LogP contribution is -2.50. The molecule has 7 nitrogen and oxygen atoms in total. The van der Waals surface area contributed by atoms with Crippen molar-refractivity contribution in [1.29, 1.82) is 0 Å². The summed E-state index contributed by atoms with van der Waals surface area (Å²) >= 11 is 5.69. The van der Waals surface area contributed by atoms with Gasteiger partial charge in [0.2, 0.25) is 15.9 Å². The summed E-state index contributed by atoms with van der Waals surface area (Å²) in [6.07, 6.45) is 1.70. The van der Waals surface area contributed by atoms with Crippen LogP contribution in [0.25, 0.3) is 0 Å². The van der Waals surface area contributed by atoms with Crippen LogP contribution < -0.4 is 0 Å². The van der Waals surface area contributed by atoms with Crippen molar-refractivity contribution in [3.8, 4) is 0 Å². The lowest BCUT2D eigenvalue weighted by Gasteiger charge is -2.34. The number of piperazine rings is 1. The van der Waals surface area contributed by atoms with Crippen LogP contribution >= 0.6 is 11.6 Å². The number of carbonyl (C=O) groups excluding carboxylic acids is 1. The molecule has 0 atom stereocenters. The maximum absolute atomic E-state index is 12.5. The Labute approximate surface area is 141 Å². The van der Waals surface area contributed by atoms with Crippen molar-refractivity contribution in [1.82, 2.24) is 19.1 Å². The third-order valence-electron chi connectivity index (χ3n) is 3.70. The minimum atomic E-state index is -3.59. The highest BCUT2D eigenvalue weighted by atomic mass is 35.5. The monoisotopic (exact) mass is 360 g/mol. The highest BCUT2D eigenvalue weighted by molar-refractivity contribution is 7.89. The second-order valence-corrected chi connectivity index (χ2v) is 7.98. The van der Waals surface area contributed by atoms with Crippen molar-refractivity contribution in [2.75, 3.05) is 46.8 Å². The van der Waals surface area contributed by atoms with E-state index in [0.29, 0.717) is 39.1 Å². The first-order valence-corrected chi connectivity index (χ1v) is 9.17. The molecule has 1 amide bonds. The molecule has 0 unspecified atom stereocenters. The van der Waals surface area contributed by atoms with E-state index in [1.165, 1.54) is 22.6 Å². The first-order chi connectivity index (χ1) is 10.8. The van der Waals surface area contributed by atoms with E-state index < -0.39 is 10.0 Å². The van der Waals surface area contributed by atoms with E-state index in [1.807, 2.05) is 19.0 Å².